The van der Waals surface area contributed by atoms with Crippen molar-refractivity contribution < 1.29 is 14.7 Å². The van der Waals surface area contributed by atoms with E-state index in [1.165, 1.54) is 0 Å². The van der Waals surface area contributed by atoms with Gasteiger partial charge in [0.25, 0.3) is 0 Å². The summed E-state index contributed by atoms with van der Waals surface area (Å²) < 4.78 is 0. The van der Waals surface area contributed by atoms with Crippen molar-refractivity contribution in [3.8, 4) is 0 Å². The molecule has 0 aliphatic heterocycles. The zero-order valence-corrected chi connectivity index (χ0v) is 5.76. The zero-order chi connectivity index (χ0) is 8.15. The SMILES string of the molecule is CC[C](CC(=O)O)C(N)=O. The Labute approximate surface area is 59.0 Å². The second-order valence-corrected chi connectivity index (χ2v) is 1.89. The first-order valence-corrected chi connectivity index (χ1v) is 2.94. The number of amides is 1. The molecular weight excluding hydrogens is 134 g/mol. The Hall–Kier alpha value is -1.06. The highest BCUT2D eigenvalue weighted by Gasteiger charge is 2.16. The molecule has 0 aromatic carbocycles. The molecule has 1 amide bonds. The van der Waals surface area contributed by atoms with Crippen LogP contribution in [0.2, 0.25) is 0 Å². The van der Waals surface area contributed by atoms with E-state index in [0.29, 0.717) is 6.42 Å². The van der Waals surface area contributed by atoms with Crippen LogP contribution >= 0.6 is 0 Å². The summed E-state index contributed by atoms with van der Waals surface area (Å²) in [6.45, 7) is 1.70. The minimum Gasteiger partial charge on any atom is -0.481 e. The van der Waals surface area contributed by atoms with Crippen LogP contribution in [0.1, 0.15) is 19.8 Å². The molecule has 0 aliphatic rings. The van der Waals surface area contributed by atoms with E-state index < -0.39 is 11.9 Å². The van der Waals surface area contributed by atoms with Gasteiger partial charge in [-0.15, -0.1) is 0 Å². The van der Waals surface area contributed by atoms with Gasteiger partial charge in [0.15, 0.2) is 0 Å². The summed E-state index contributed by atoms with van der Waals surface area (Å²) in [5, 5.41) is 8.24. The van der Waals surface area contributed by atoms with E-state index in [9.17, 15) is 9.59 Å². The Morgan fingerprint density at radius 1 is 1.50 bits per heavy atom. The highest BCUT2D eigenvalue weighted by molar-refractivity contribution is 5.92. The van der Waals surface area contributed by atoms with E-state index in [1.54, 1.807) is 6.92 Å². The maximum Gasteiger partial charge on any atom is 0.304 e. The predicted molar refractivity (Wildman–Crippen MR) is 35.0 cm³/mol. The highest BCUT2D eigenvalue weighted by atomic mass is 16.4. The maximum atomic E-state index is 10.4. The average molecular weight is 144 g/mol. The summed E-state index contributed by atoms with van der Waals surface area (Å²) in [5.41, 5.74) is 4.86. The lowest BCUT2D eigenvalue weighted by Gasteiger charge is -2.04. The van der Waals surface area contributed by atoms with Gasteiger partial charge in [-0.25, -0.2) is 0 Å². The van der Waals surface area contributed by atoms with Crippen molar-refractivity contribution in [3.63, 3.8) is 0 Å². The Bertz CT molecular complexity index is 144. The predicted octanol–water partition coefficient (Wildman–Crippen LogP) is -0.0691. The molecule has 10 heavy (non-hydrogen) atoms. The topological polar surface area (TPSA) is 80.4 Å². The second-order valence-electron chi connectivity index (χ2n) is 1.89. The van der Waals surface area contributed by atoms with Crippen molar-refractivity contribution in [2.24, 2.45) is 5.73 Å². The summed E-state index contributed by atoms with van der Waals surface area (Å²) in [6.07, 6.45) is 0.160. The van der Waals surface area contributed by atoms with Crippen molar-refractivity contribution in [3.05, 3.63) is 5.92 Å². The Morgan fingerprint density at radius 2 is 2.00 bits per heavy atom. The van der Waals surface area contributed by atoms with Crippen LogP contribution in [0.25, 0.3) is 0 Å². The smallest absolute Gasteiger partial charge is 0.304 e. The lowest BCUT2D eigenvalue weighted by atomic mass is 10.0. The van der Waals surface area contributed by atoms with Crippen LogP contribution in [-0.2, 0) is 9.59 Å². The molecule has 0 saturated carbocycles. The summed E-state index contributed by atoms with van der Waals surface area (Å²) >= 11 is 0. The third-order valence-corrected chi connectivity index (χ3v) is 1.14. The van der Waals surface area contributed by atoms with Gasteiger partial charge in [0.05, 0.1) is 12.3 Å². The van der Waals surface area contributed by atoms with Gasteiger partial charge in [-0.05, 0) is 6.42 Å². The number of hydrogen-bond acceptors (Lipinski definition) is 2. The lowest BCUT2D eigenvalue weighted by Crippen LogP contribution is -2.22. The van der Waals surface area contributed by atoms with Crippen LogP contribution in [0.5, 0.6) is 0 Å². The van der Waals surface area contributed by atoms with Gasteiger partial charge < -0.3 is 10.8 Å². The van der Waals surface area contributed by atoms with Crippen LogP contribution in [0, 0.1) is 5.92 Å². The number of hydrogen-bond donors (Lipinski definition) is 2. The van der Waals surface area contributed by atoms with Crippen molar-refractivity contribution in [2.45, 2.75) is 19.8 Å². The van der Waals surface area contributed by atoms with Gasteiger partial charge in [-0.3, -0.25) is 9.59 Å². The van der Waals surface area contributed by atoms with E-state index >= 15 is 0 Å². The van der Waals surface area contributed by atoms with Gasteiger partial charge in [-0.1, -0.05) is 6.92 Å². The van der Waals surface area contributed by atoms with E-state index in [2.05, 4.69) is 0 Å². The van der Waals surface area contributed by atoms with Gasteiger partial charge in [0, 0.05) is 0 Å². The zero-order valence-electron chi connectivity index (χ0n) is 5.76. The monoisotopic (exact) mass is 144 g/mol. The molecule has 0 rings (SSSR count). The van der Waals surface area contributed by atoms with Crippen molar-refractivity contribution in [1.82, 2.24) is 0 Å². The van der Waals surface area contributed by atoms with Gasteiger partial charge in [0.2, 0.25) is 5.91 Å². The Kier molecular flexibility index (Phi) is 3.46. The van der Waals surface area contributed by atoms with Crippen molar-refractivity contribution >= 4 is 11.9 Å². The number of carboxylic acid groups (broad SMARTS) is 1. The number of nitrogens with two attached hydrogens (primary N) is 1. The van der Waals surface area contributed by atoms with E-state index in [0.717, 1.165) is 0 Å². The largest absolute Gasteiger partial charge is 0.481 e. The summed E-state index contributed by atoms with van der Waals surface area (Å²) in [4.78, 5) is 20.4. The highest BCUT2D eigenvalue weighted by Crippen LogP contribution is 2.08. The third kappa shape index (κ3) is 3.06. The van der Waals surface area contributed by atoms with E-state index in [-0.39, 0.29) is 12.3 Å². The number of carbonyl (C=O) groups is 2. The maximum absolute atomic E-state index is 10.4. The quantitative estimate of drug-likeness (QED) is 0.579. The molecule has 0 aliphatic carbocycles. The average Bonchev–Trinajstić information content (AvgIpc) is 1.81. The third-order valence-electron chi connectivity index (χ3n) is 1.14. The normalized spacial score (nSPS) is 9.80. The molecule has 4 heteroatoms. The number of carboxylic acids is 1. The first-order chi connectivity index (χ1) is 4.57. The molecule has 0 aromatic heterocycles. The minimum atomic E-state index is -1.02. The molecule has 0 fully saturated rings. The molecule has 0 heterocycles. The molecule has 3 N–H and O–H groups in total. The molecule has 0 aromatic rings. The Balaban J connectivity index is 3.83. The standard InChI is InChI=1S/C6H10NO3/c1-2-4(6(7)10)3-5(8)9/h2-3H2,1H3,(H2,7,10)(H,8,9). The van der Waals surface area contributed by atoms with Crippen LogP contribution < -0.4 is 5.73 Å². The summed E-state index contributed by atoms with van der Waals surface area (Å²) in [6, 6.07) is 0. The van der Waals surface area contributed by atoms with E-state index in [4.69, 9.17) is 10.8 Å². The molecule has 0 unspecified atom stereocenters. The van der Waals surface area contributed by atoms with Gasteiger partial charge >= 0.3 is 5.97 Å². The molecule has 0 spiro atoms. The molecule has 1 radical (unpaired) electrons. The minimum absolute atomic E-state index is 0.244. The van der Waals surface area contributed by atoms with Crippen molar-refractivity contribution in [2.75, 3.05) is 0 Å². The number of primary amides is 1. The fraction of sp³-hybridized carbons (Fsp3) is 0.500. The molecule has 0 atom stereocenters. The van der Waals surface area contributed by atoms with Crippen molar-refractivity contribution in [1.29, 1.82) is 0 Å². The Morgan fingerprint density at radius 3 is 2.10 bits per heavy atom. The fourth-order valence-electron chi connectivity index (χ4n) is 0.569. The first-order valence-electron chi connectivity index (χ1n) is 2.94. The molecular formula is C6H10NO3. The lowest BCUT2D eigenvalue weighted by molar-refractivity contribution is -0.137. The number of rotatable bonds is 4. The molecule has 57 valence electrons. The van der Waals surface area contributed by atoms with Gasteiger partial charge in [0.1, 0.15) is 0 Å². The first kappa shape index (κ1) is 8.94. The molecule has 0 bridgehead atoms. The molecule has 0 saturated heterocycles. The second kappa shape index (κ2) is 3.87. The summed E-state index contributed by atoms with van der Waals surface area (Å²) in [5.74, 6) is -1.38. The van der Waals surface area contributed by atoms with Crippen LogP contribution in [0.4, 0.5) is 0 Å². The number of carbonyl (C=O) groups excluding carboxylic acids is 1. The van der Waals surface area contributed by atoms with Crippen LogP contribution in [-0.4, -0.2) is 17.0 Å². The van der Waals surface area contributed by atoms with Gasteiger partial charge in [-0.2, -0.15) is 0 Å². The fourth-order valence-corrected chi connectivity index (χ4v) is 0.569. The van der Waals surface area contributed by atoms with E-state index in [1.807, 2.05) is 0 Å². The summed E-state index contributed by atoms with van der Waals surface area (Å²) in [7, 11) is 0. The molecule has 4 nitrogen and oxygen atoms in total. The number of aliphatic carboxylic acids is 1. The van der Waals surface area contributed by atoms with Crippen LogP contribution in [0.3, 0.4) is 0 Å². The van der Waals surface area contributed by atoms with Crippen LogP contribution in [0.15, 0.2) is 0 Å².